The molecule has 0 saturated heterocycles. The van der Waals surface area contributed by atoms with Crippen LogP contribution in [0, 0.1) is 11.8 Å². The molecule has 0 aliphatic carbocycles. The van der Waals surface area contributed by atoms with Crippen LogP contribution >= 0.6 is 0 Å². The first kappa shape index (κ1) is 13.5. The van der Waals surface area contributed by atoms with E-state index in [0.717, 1.165) is 12.1 Å². The van der Waals surface area contributed by atoms with E-state index in [4.69, 9.17) is 0 Å². The molecule has 0 spiro atoms. The number of hydrogen-bond acceptors (Lipinski definition) is 1. The topological polar surface area (TPSA) is 12.4 Å². The van der Waals surface area contributed by atoms with E-state index in [1.165, 1.54) is 0 Å². The summed E-state index contributed by atoms with van der Waals surface area (Å²) in [6.45, 7) is 7.65. The molecule has 88 valence electrons. The van der Waals surface area contributed by atoms with Gasteiger partial charge < -0.3 is 0 Å². The maximum atomic E-state index is 4.23. The van der Waals surface area contributed by atoms with Gasteiger partial charge in [0, 0.05) is 5.56 Å². The number of aliphatic imine (C=N–C) groups is 1. The quantitative estimate of drug-likeness (QED) is 0.436. The fourth-order valence-electron chi connectivity index (χ4n) is 1.20. The van der Waals surface area contributed by atoms with Crippen LogP contribution in [-0.4, -0.2) is 20.8 Å². The third-order valence-corrected chi connectivity index (χ3v) is 3.21. The summed E-state index contributed by atoms with van der Waals surface area (Å²) >= 11 is 0. The van der Waals surface area contributed by atoms with Crippen LogP contribution in [0.5, 0.6) is 0 Å². The SMILES string of the molecule is C[Si](C)(C)/C=C/CN=CC#Cc1ccccc1. The number of hydrogen-bond donors (Lipinski definition) is 0. The fraction of sp³-hybridized carbons (Fsp3) is 0.267. The van der Waals surface area contributed by atoms with Crippen molar-refractivity contribution in [3.8, 4) is 11.8 Å². The van der Waals surface area contributed by atoms with Gasteiger partial charge in [-0.1, -0.05) is 55.5 Å². The second kappa shape index (κ2) is 6.88. The molecule has 17 heavy (non-hydrogen) atoms. The standard InChI is InChI=1S/C15H19NSi/c1-17(2,3)14-8-13-16-12-7-11-15-9-5-4-6-10-15/h4-6,8-10,12,14H,13H2,1-3H3/b14-8+,16-12?. The summed E-state index contributed by atoms with van der Waals surface area (Å²) in [5.41, 5.74) is 3.33. The van der Waals surface area contributed by atoms with Gasteiger partial charge in [0.25, 0.3) is 0 Å². The Balaban J connectivity index is 2.37. The Morgan fingerprint density at radius 2 is 1.88 bits per heavy atom. The van der Waals surface area contributed by atoms with Crippen molar-refractivity contribution in [3.05, 3.63) is 47.7 Å². The van der Waals surface area contributed by atoms with E-state index in [1.54, 1.807) is 6.21 Å². The number of nitrogens with zero attached hydrogens (tertiary/aromatic N) is 1. The van der Waals surface area contributed by atoms with Crippen LogP contribution in [0.1, 0.15) is 5.56 Å². The molecule has 0 aliphatic rings. The molecular formula is C15H19NSi. The van der Waals surface area contributed by atoms with Crippen LogP contribution in [0.4, 0.5) is 0 Å². The van der Waals surface area contributed by atoms with E-state index in [9.17, 15) is 0 Å². The molecule has 0 radical (unpaired) electrons. The fourth-order valence-corrected chi connectivity index (χ4v) is 2.02. The Morgan fingerprint density at radius 1 is 1.18 bits per heavy atom. The van der Waals surface area contributed by atoms with Crippen LogP contribution in [0.3, 0.4) is 0 Å². The first-order valence-corrected chi connectivity index (χ1v) is 9.38. The molecule has 0 N–H and O–H groups in total. The second-order valence-electron chi connectivity index (χ2n) is 4.90. The summed E-state index contributed by atoms with van der Waals surface area (Å²) in [5.74, 6) is 5.97. The Morgan fingerprint density at radius 3 is 2.53 bits per heavy atom. The van der Waals surface area contributed by atoms with Gasteiger partial charge >= 0.3 is 0 Å². The van der Waals surface area contributed by atoms with E-state index in [1.807, 2.05) is 30.3 Å². The maximum absolute atomic E-state index is 4.23. The average molecular weight is 241 g/mol. The molecule has 0 saturated carbocycles. The lowest BCUT2D eigenvalue weighted by atomic mass is 10.2. The summed E-state index contributed by atoms with van der Waals surface area (Å²) < 4.78 is 0. The molecule has 1 nitrogen and oxygen atoms in total. The first-order chi connectivity index (χ1) is 8.08. The molecule has 2 heteroatoms. The highest BCUT2D eigenvalue weighted by molar-refractivity contribution is 6.80. The number of benzene rings is 1. The van der Waals surface area contributed by atoms with Crippen molar-refractivity contribution in [2.24, 2.45) is 4.99 Å². The molecule has 1 rings (SSSR count). The molecule has 0 amide bonds. The van der Waals surface area contributed by atoms with Gasteiger partial charge in [0.1, 0.15) is 0 Å². The zero-order valence-electron chi connectivity index (χ0n) is 10.8. The lowest BCUT2D eigenvalue weighted by Gasteiger charge is -2.06. The zero-order valence-corrected chi connectivity index (χ0v) is 11.8. The zero-order chi connectivity index (χ0) is 12.6. The largest absolute Gasteiger partial charge is 0.280 e. The van der Waals surface area contributed by atoms with Gasteiger partial charge in [0.15, 0.2) is 0 Å². The van der Waals surface area contributed by atoms with Crippen molar-refractivity contribution in [2.75, 3.05) is 6.54 Å². The van der Waals surface area contributed by atoms with Crippen LogP contribution in [0.2, 0.25) is 19.6 Å². The van der Waals surface area contributed by atoms with E-state index in [-0.39, 0.29) is 0 Å². The third-order valence-electron chi connectivity index (χ3n) is 1.97. The monoisotopic (exact) mass is 241 g/mol. The minimum absolute atomic E-state index is 0.730. The Bertz CT molecular complexity index is 441. The summed E-state index contributed by atoms with van der Waals surface area (Å²) in [4.78, 5) is 4.23. The van der Waals surface area contributed by atoms with Gasteiger partial charge in [-0.25, -0.2) is 0 Å². The van der Waals surface area contributed by atoms with Crippen LogP contribution < -0.4 is 0 Å². The van der Waals surface area contributed by atoms with Crippen molar-refractivity contribution in [2.45, 2.75) is 19.6 Å². The molecule has 0 aromatic heterocycles. The molecule has 1 aromatic carbocycles. The van der Waals surface area contributed by atoms with Crippen molar-refractivity contribution in [1.29, 1.82) is 0 Å². The summed E-state index contributed by atoms with van der Waals surface area (Å²) in [6.07, 6.45) is 3.81. The molecule has 0 unspecified atom stereocenters. The highest BCUT2D eigenvalue weighted by atomic mass is 28.3. The first-order valence-electron chi connectivity index (χ1n) is 5.80. The van der Waals surface area contributed by atoms with E-state index in [0.29, 0.717) is 0 Å². The highest BCUT2D eigenvalue weighted by Gasteiger charge is 2.05. The summed E-state index contributed by atoms with van der Waals surface area (Å²) in [6, 6.07) is 9.94. The van der Waals surface area contributed by atoms with Crippen LogP contribution in [-0.2, 0) is 0 Å². The van der Waals surface area contributed by atoms with E-state index < -0.39 is 8.07 Å². The molecule has 0 aliphatic heterocycles. The van der Waals surface area contributed by atoms with E-state index in [2.05, 4.69) is 48.2 Å². The summed E-state index contributed by atoms with van der Waals surface area (Å²) in [7, 11) is -1.07. The van der Waals surface area contributed by atoms with Crippen LogP contribution in [0.25, 0.3) is 0 Å². The molecule has 1 aromatic rings. The van der Waals surface area contributed by atoms with Crippen molar-refractivity contribution < 1.29 is 0 Å². The van der Waals surface area contributed by atoms with Gasteiger partial charge in [0.05, 0.1) is 20.8 Å². The van der Waals surface area contributed by atoms with Crippen molar-refractivity contribution in [3.63, 3.8) is 0 Å². The minimum atomic E-state index is -1.07. The normalized spacial score (nSPS) is 11.7. The van der Waals surface area contributed by atoms with Crippen molar-refractivity contribution >= 4 is 14.3 Å². The Labute approximate surface area is 105 Å². The second-order valence-corrected chi connectivity index (χ2v) is 9.96. The van der Waals surface area contributed by atoms with Crippen LogP contribution in [0.15, 0.2) is 47.1 Å². The van der Waals surface area contributed by atoms with Gasteiger partial charge in [-0.05, 0) is 18.1 Å². The Kier molecular flexibility index (Phi) is 5.45. The van der Waals surface area contributed by atoms with Gasteiger partial charge in [-0.15, -0.1) is 0 Å². The predicted molar refractivity (Wildman–Crippen MR) is 79.2 cm³/mol. The van der Waals surface area contributed by atoms with Gasteiger partial charge in [-0.3, -0.25) is 4.99 Å². The van der Waals surface area contributed by atoms with Crippen molar-refractivity contribution in [1.82, 2.24) is 0 Å². The Hall–Kier alpha value is -1.59. The van der Waals surface area contributed by atoms with Gasteiger partial charge in [-0.2, -0.15) is 0 Å². The minimum Gasteiger partial charge on any atom is -0.280 e. The molecule has 0 heterocycles. The predicted octanol–water partition coefficient (Wildman–Crippen LogP) is 3.54. The third kappa shape index (κ3) is 7.32. The lowest BCUT2D eigenvalue weighted by Crippen LogP contribution is -2.15. The number of rotatable bonds is 3. The average Bonchev–Trinajstić information content (AvgIpc) is 2.28. The molecule has 0 fully saturated rings. The smallest absolute Gasteiger partial charge is 0.0718 e. The lowest BCUT2D eigenvalue weighted by molar-refractivity contribution is 1.26. The maximum Gasteiger partial charge on any atom is 0.0718 e. The summed E-state index contributed by atoms with van der Waals surface area (Å²) in [5, 5.41) is 0. The van der Waals surface area contributed by atoms with Gasteiger partial charge in [0.2, 0.25) is 0 Å². The molecule has 0 atom stereocenters. The van der Waals surface area contributed by atoms with E-state index >= 15 is 0 Å². The highest BCUT2D eigenvalue weighted by Crippen LogP contribution is 2.01. The molecule has 0 bridgehead atoms. The molecular weight excluding hydrogens is 222 g/mol.